The van der Waals surface area contributed by atoms with Crippen molar-refractivity contribution in [2.24, 2.45) is 0 Å². The van der Waals surface area contributed by atoms with Gasteiger partial charge in [0.2, 0.25) is 5.76 Å². The highest BCUT2D eigenvalue weighted by Crippen LogP contribution is 2.32. The van der Waals surface area contributed by atoms with E-state index in [2.05, 4.69) is 10.2 Å². The van der Waals surface area contributed by atoms with Gasteiger partial charge >= 0.3 is 12.1 Å². The van der Waals surface area contributed by atoms with Gasteiger partial charge in [-0.15, -0.1) is 0 Å². The number of carbonyl (C=O) groups is 2. The van der Waals surface area contributed by atoms with Crippen molar-refractivity contribution < 1.29 is 36.7 Å². The number of halogens is 3. The molecule has 0 saturated carbocycles. The first-order valence-electron chi connectivity index (χ1n) is 10.5. The molecule has 7 nitrogen and oxygen atoms in total. The number of hydrogen-bond donors (Lipinski definition) is 1. The summed E-state index contributed by atoms with van der Waals surface area (Å²) in [6.07, 6.45) is -4.50. The minimum Gasteiger partial charge on any atom is -0.450 e. The second-order valence-corrected chi connectivity index (χ2v) is 7.51. The number of rotatable bonds is 6. The molecule has 34 heavy (non-hydrogen) atoms. The van der Waals surface area contributed by atoms with Crippen molar-refractivity contribution in [3.63, 3.8) is 0 Å². The van der Waals surface area contributed by atoms with Crippen molar-refractivity contribution in [2.45, 2.75) is 6.18 Å². The molecule has 2 aromatic carbocycles. The van der Waals surface area contributed by atoms with Gasteiger partial charge in [-0.3, -0.25) is 4.79 Å². The van der Waals surface area contributed by atoms with Crippen LogP contribution in [0.15, 0.2) is 65.1 Å². The minimum atomic E-state index is -4.50. The topological polar surface area (TPSA) is 81.0 Å². The number of nitrogens with zero attached hydrogens (tertiary/aromatic N) is 1. The van der Waals surface area contributed by atoms with Crippen LogP contribution in [0.25, 0.3) is 11.3 Å². The van der Waals surface area contributed by atoms with E-state index in [4.69, 9.17) is 13.9 Å². The van der Waals surface area contributed by atoms with Crippen LogP contribution >= 0.6 is 0 Å². The third kappa shape index (κ3) is 5.76. The molecule has 0 spiro atoms. The standard InChI is InChI=1S/C24H21F3N2O5/c25-24(26,27)17-3-1-2-16(14-17)20-8-9-21(34-20)23(31)33-15-22(30)28-18-4-6-19(7-5-18)29-10-12-32-13-11-29/h1-9,14H,10-13,15H2,(H,28,30). The lowest BCUT2D eigenvalue weighted by molar-refractivity contribution is -0.137. The van der Waals surface area contributed by atoms with E-state index in [0.29, 0.717) is 18.9 Å². The Balaban J connectivity index is 1.30. The van der Waals surface area contributed by atoms with Gasteiger partial charge in [-0.05, 0) is 48.5 Å². The highest BCUT2D eigenvalue weighted by atomic mass is 19.4. The zero-order valence-electron chi connectivity index (χ0n) is 17.9. The maximum atomic E-state index is 12.9. The molecule has 2 heterocycles. The van der Waals surface area contributed by atoms with Crippen molar-refractivity contribution >= 4 is 23.3 Å². The smallest absolute Gasteiger partial charge is 0.416 e. The summed E-state index contributed by atoms with van der Waals surface area (Å²) in [6, 6.07) is 14.4. The molecule has 1 aliphatic heterocycles. The van der Waals surface area contributed by atoms with Gasteiger partial charge in [0.25, 0.3) is 5.91 Å². The zero-order chi connectivity index (χ0) is 24.1. The van der Waals surface area contributed by atoms with E-state index < -0.39 is 30.2 Å². The average molecular weight is 474 g/mol. The van der Waals surface area contributed by atoms with Gasteiger partial charge in [-0.2, -0.15) is 13.2 Å². The summed E-state index contributed by atoms with van der Waals surface area (Å²) in [5.74, 6) is -1.61. The van der Waals surface area contributed by atoms with Crippen LogP contribution in [-0.2, 0) is 20.4 Å². The summed E-state index contributed by atoms with van der Waals surface area (Å²) in [5, 5.41) is 2.63. The summed E-state index contributed by atoms with van der Waals surface area (Å²) in [6.45, 7) is 2.37. The van der Waals surface area contributed by atoms with Gasteiger partial charge in [0.05, 0.1) is 18.8 Å². The monoisotopic (exact) mass is 474 g/mol. The number of morpholine rings is 1. The molecule has 0 radical (unpaired) electrons. The fourth-order valence-electron chi connectivity index (χ4n) is 3.43. The summed E-state index contributed by atoms with van der Waals surface area (Å²) in [5.41, 5.74) is 0.886. The van der Waals surface area contributed by atoms with Crippen LogP contribution in [0.4, 0.5) is 24.5 Å². The first kappa shape index (κ1) is 23.4. The number of alkyl halides is 3. The molecule has 1 aromatic heterocycles. The fourth-order valence-corrected chi connectivity index (χ4v) is 3.43. The van der Waals surface area contributed by atoms with Crippen LogP contribution in [0.3, 0.4) is 0 Å². The van der Waals surface area contributed by atoms with E-state index in [0.717, 1.165) is 30.9 Å². The molecular formula is C24H21F3N2O5. The van der Waals surface area contributed by atoms with E-state index in [-0.39, 0.29) is 17.1 Å². The zero-order valence-corrected chi connectivity index (χ0v) is 17.9. The first-order chi connectivity index (χ1) is 16.3. The Morgan fingerprint density at radius 1 is 1.00 bits per heavy atom. The molecule has 178 valence electrons. The molecule has 10 heteroatoms. The predicted molar refractivity (Wildman–Crippen MR) is 118 cm³/mol. The van der Waals surface area contributed by atoms with Crippen LogP contribution in [0, 0.1) is 0 Å². The molecule has 4 rings (SSSR count). The van der Waals surface area contributed by atoms with Crippen LogP contribution in [0.2, 0.25) is 0 Å². The van der Waals surface area contributed by atoms with Crippen molar-refractivity contribution in [2.75, 3.05) is 43.1 Å². The Hall–Kier alpha value is -3.79. The molecule has 0 unspecified atom stereocenters. The molecular weight excluding hydrogens is 453 g/mol. The summed E-state index contributed by atoms with van der Waals surface area (Å²) < 4.78 is 54.3. The number of carbonyl (C=O) groups excluding carboxylic acids is 2. The van der Waals surface area contributed by atoms with Crippen LogP contribution in [0.5, 0.6) is 0 Å². The minimum absolute atomic E-state index is 0.0721. The Labute approximate surface area is 193 Å². The van der Waals surface area contributed by atoms with Gasteiger partial charge in [0.1, 0.15) is 5.76 Å². The lowest BCUT2D eigenvalue weighted by Crippen LogP contribution is -2.36. The van der Waals surface area contributed by atoms with Gasteiger partial charge in [0, 0.05) is 30.0 Å². The Morgan fingerprint density at radius 2 is 1.74 bits per heavy atom. The SMILES string of the molecule is O=C(COC(=O)c1ccc(-c2cccc(C(F)(F)F)c2)o1)Nc1ccc(N2CCOCC2)cc1. The van der Waals surface area contributed by atoms with E-state index in [1.807, 2.05) is 12.1 Å². The molecule has 1 saturated heterocycles. The van der Waals surface area contributed by atoms with Gasteiger partial charge in [-0.25, -0.2) is 4.79 Å². The van der Waals surface area contributed by atoms with Crippen molar-refractivity contribution in [1.29, 1.82) is 0 Å². The number of ether oxygens (including phenoxy) is 2. The van der Waals surface area contributed by atoms with E-state index in [1.165, 1.54) is 24.3 Å². The predicted octanol–water partition coefficient (Wildman–Crippen LogP) is 4.60. The Morgan fingerprint density at radius 3 is 2.44 bits per heavy atom. The molecule has 1 N–H and O–H groups in total. The highest BCUT2D eigenvalue weighted by molar-refractivity contribution is 5.94. The molecule has 0 atom stereocenters. The van der Waals surface area contributed by atoms with E-state index >= 15 is 0 Å². The maximum Gasteiger partial charge on any atom is 0.416 e. The normalized spacial score (nSPS) is 14.0. The largest absolute Gasteiger partial charge is 0.450 e. The van der Waals surface area contributed by atoms with E-state index in [1.54, 1.807) is 12.1 Å². The summed E-state index contributed by atoms with van der Waals surface area (Å²) >= 11 is 0. The number of nitrogens with one attached hydrogen (secondary N) is 1. The second kappa shape index (κ2) is 10.0. The third-order valence-corrected chi connectivity index (χ3v) is 5.14. The van der Waals surface area contributed by atoms with Crippen molar-refractivity contribution in [3.8, 4) is 11.3 Å². The fraction of sp³-hybridized carbons (Fsp3) is 0.250. The molecule has 1 fully saturated rings. The van der Waals surface area contributed by atoms with Crippen molar-refractivity contribution in [1.82, 2.24) is 0 Å². The first-order valence-corrected chi connectivity index (χ1v) is 10.5. The van der Waals surface area contributed by atoms with E-state index in [9.17, 15) is 22.8 Å². The molecule has 1 aliphatic rings. The lowest BCUT2D eigenvalue weighted by atomic mass is 10.1. The van der Waals surface area contributed by atoms with Crippen LogP contribution in [0.1, 0.15) is 16.1 Å². The van der Waals surface area contributed by atoms with Crippen molar-refractivity contribution in [3.05, 3.63) is 72.0 Å². The van der Waals surface area contributed by atoms with Crippen LogP contribution < -0.4 is 10.2 Å². The average Bonchev–Trinajstić information content (AvgIpc) is 3.34. The summed E-state index contributed by atoms with van der Waals surface area (Å²) in [7, 11) is 0. The van der Waals surface area contributed by atoms with Gasteiger partial charge in [0.15, 0.2) is 6.61 Å². The quantitative estimate of drug-likeness (QED) is 0.526. The number of esters is 1. The number of amides is 1. The van der Waals surface area contributed by atoms with Gasteiger partial charge < -0.3 is 24.1 Å². The highest BCUT2D eigenvalue weighted by Gasteiger charge is 2.30. The van der Waals surface area contributed by atoms with Gasteiger partial charge in [-0.1, -0.05) is 12.1 Å². The molecule has 0 aliphatic carbocycles. The number of hydrogen-bond acceptors (Lipinski definition) is 6. The second-order valence-electron chi connectivity index (χ2n) is 7.51. The number of benzene rings is 2. The molecule has 1 amide bonds. The van der Waals surface area contributed by atoms with Crippen LogP contribution in [-0.4, -0.2) is 44.8 Å². The Bertz CT molecular complexity index is 1150. The lowest BCUT2D eigenvalue weighted by Gasteiger charge is -2.28. The maximum absolute atomic E-state index is 12.9. The summed E-state index contributed by atoms with van der Waals surface area (Å²) in [4.78, 5) is 26.5. The third-order valence-electron chi connectivity index (χ3n) is 5.14. The molecule has 0 bridgehead atoms. The Kier molecular flexibility index (Phi) is 6.87. The molecule has 3 aromatic rings. The number of furan rings is 1. The number of anilines is 2.